The van der Waals surface area contributed by atoms with E-state index in [9.17, 15) is 4.79 Å². The summed E-state index contributed by atoms with van der Waals surface area (Å²) < 4.78 is 0. The Hall–Kier alpha value is -1.68. The lowest BCUT2D eigenvalue weighted by molar-refractivity contribution is 0.969. The molecule has 0 saturated heterocycles. The molecule has 0 aliphatic heterocycles. The molecule has 1 aromatic carbocycles. The second-order valence-corrected chi connectivity index (χ2v) is 3.14. The molecular formula is C10H11N3O. The van der Waals surface area contributed by atoms with E-state index in [0.717, 1.165) is 23.0 Å². The van der Waals surface area contributed by atoms with Crippen molar-refractivity contribution in [1.29, 1.82) is 0 Å². The molecule has 0 amide bonds. The molecule has 0 unspecified atom stereocenters. The highest BCUT2D eigenvalue weighted by Gasteiger charge is 1.97. The number of aromatic nitrogens is 2. The van der Waals surface area contributed by atoms with E-state index in [1.165, 1.54) is 6.20 Å². The second kappa shape index (κ2) is 3.59. The van der Waals surface area contributed by atoms with Crippen LogP contribution >= 0.6 is 0 Å². The summed E-state index contributed by atoms with van der Waals surface area (Å²) in [6, 6.07) is 5.75. The summed E-state index contributed by atoms with van der Waals surface area (Å²) in [6.45, 7) is 0.620. The lowest BCUT2D eigenvalue weighted by atomic mass is 10.1. The zero-order valence-electron chi connectivity index (χ0n) is 7.66. The molecule has 1 aromatic heterocycles. The van der Waals surface area contributed by atoms with E-state index in [4.69, 9.17) is 5.73 Å². The van der Waals surface area contributed by atoms with E-state index in [0.29, 0.717) is 6.54 Å². The molecule has 2 aromatic rings. The smallest absolute Gasteiger partial charge is 0.266 e. The third-order valence-corrected chi connectivity index (χ3v) is 2.07. The number of benzene rings is 1. The van der Waals surface area contributed by atoms with Crippen LogP contribution in [0, 0.1) is 0 Å². The van der Waals surface area contributed by atoms with Crippen LogP contribution in [0.25, 0.3) is 11.0 Å². The fourth-order valence-electron chi connectivity index (χ4n) is 1.41. The molecule has 1 heterocycles. The number of hydrogen-bond donors (Lipinski definition) is 2. The molecule has 0 fully saturated rings. The molecule has 0 radical (unpaired) electrons. The zero-order valence-corrected chi connectivity index (χ0v) is 7.66. The van der Waals surface area contributed by atoms with Gasteiger partial charge in [-0.2, -0.15) is 0 Å². The van der Waals surface area contributed by atoms with Crippen molar-refractivity contribution in [1.82, 2.24) is 9.97 Å². The summed E-state index contributed by atoms with van der Waals surface area (Å²) in [5.41, 5.74) is 7.98. The fraction of sp³-hybridized carbons (Fsp3) is 0.200. The van der Waals surface area contributed by atoms with Crippen molar-refractivity contribution in [3.8, 4) is 0 Å². The molecule has 2 rings (SSSR count). The quantitative estimate of drug-likeness (QED) is 0.719. The van der Waals surface area contributed by atoms with Crippen LogP contribution in [0.5, 0.6) is 0 Å². The van der Waals surface area contributed by atoms with Gasteiger partial charge in [-0.25, -0.2) is 4.98 Å². The minimum atomic E-state index is -0.177. The van der Waals surface area contributed by atoms with Gasteiger partial charge in [-0.15, -0.1) is 0 Å². The predicted octanol–water partition coefficient (Wildman–Crippen LogP) is 0.424. The first-order valence-electron chi connectivity index (χ1n) is 4.47. The number of H-pyrrole nitrogens is 1. The number of nitrogens with one attached hydrogen (secondary N) is 1. The average molecular weight is 189 g/mol. The molecule has 72 valence electrons. The van der Waals surface area contributed by atoms with Crippen molar-refractivity contribution >= 4 is 11.0 Å². The van der Waals surface area contributed by atoms with Crippen LogP contribution in [-0.4, -0.2) is 16.5 Å². The molecule has 0 aliphatic carbocycles. The Kier molecular flexibility index (Phi) is 2.28. The number of hydrogen-bond acceptors (Lipinski definition) is 3. The van der Waals surface area contributed by atoms with Crippen molar-refractivity contribution < 1.29 is 0 Å². The fourth-order valence-corrected chi connectivity index (χ4v) is 1.41. The minimum absolute atomic E-state index is 0.177. The third-order valence-electron chi connectivity index (χ3n) is 2.07. The van der Waals surface area contributed by atoms with Gasteiger partial charge in [0, 0.05) is 0 Å². The SMILES string of the molecule is NCCc1ccc2[nH]c(=O)cnc2c1. The number of nitrogens with two attached hydrogens (primary N) is 1. The van der Waals surface area contributed by atoms with Crippen LogP contribution in [0.2, 0.25) is 0 Å². The first-order chi connectivity index (χ1) is 6.79. The normalized spacial score (nSPS) is 10.6. The largest absolute Gasteiger partial charge is 0.330 e. The summed E-state index contributed by atoms with van der Waals surface area (Å²) in [4.78, 5) is 17.7. The van der Waals surface area contributed by atoms with Crippen LogP contribution in [0.4, 0.5) is 0 Å². The molecule has 0 atom stereocenters. The van der Waals surface area contributed by atoms with Crippen molar-refractivity contribution in [2.24, 2.45) is 5.73 Å². The summed E-state index contributed by atoms with van der Waals surface area (Å²) in [7, 11) is 0. The summed E-state index contributed by atoms with van der Waals surface area (Å²) >= 11 is 0. The van der Waals surface area contributed by atoms with Crippen molar-refractivity contribution in [3.63, 3.8) is 0 Å². The zero-order chi connectivity index (χ0) is 9.97. The third kappa shape index (κ3) is 1.65. The van der Waals surface area contributed by atoms with E-state index in [-0.39, 0.29) is 5.56 Å². The highest BCUT2D eigenvalue weighted by atomic mass is 16.1. The Balaban J connectivity index is 2.56. The van der Waals surface area contributed by atoms with E-state index in [1.807, 2.05) is 18.2 Å². The maximum absolute atomic E-state index is 11.0. The maximum Gasteiger partial charge on any atom is 0.266 e. The van der Waals surface area contributed by atoms with E-state index >= 15 is 0 Å². The van der Waals surface area contributed by atoms with Gasteiger partial charge in [0.1, 0.15) is 0 Å². The minimum Gasteiger partial charge on any atom is -0.330 e. The molecule has 4 nitrogen and oxygen atoms in total. The molecule has 0 saturated carbocycles. The first kappa shape index (κ1) is 8.90. The van der Waals surface area contributed by atoms with E-state index < -0.39 is 0 Å². The van der Waals surface area contributed by atoms with Gasteiger partial charge >= 0.3 is 0 Å². The van der Waals surface area contributed by atoms with Gasteiger partial charge in [-0.1, -0.05) is 6.07 Å². The number of rotatable bonds is 2. The monoisotopic (exact) mass is 189 g/mol. The molecule has 0 aliphatic rings. The first-order valence-corrected chi connectivity index (χ1v) is 4.47. The topological polar surface area (TPSA) is 71.8 Å². The van der Waals surface area contributed by atoms with Gasteiger partial charge in [0.2, 0.25) is 0 Å². The van der Waals surface area contributed by atoms with Crippen molar-refractivity contribution in [2.45, 2.75) is 6.42 Å². The second-order valence-electron chi connectivity index (χ2n) is 3.14. The molecular weight excluding hydrogens is 178 g/mol. The average Bonchev–Trinajstić information content (AvgIpc) is 2.19. The molecule has 14 heavy (non-hydrogen) atoms. The Bertz CT molecular complexity index is 504. The number of nitrogens with zero attached hydrogens (tertiary/aromatic N) is 1. The van der Waals surface area contributed by atoms with Crippen LogP contribution < -0.4 is 11.3 Å². The summed E-state index contributed by atoms with van der Waals surface area (Å²) in [6.07, 6.45) is 2.12. The lowest BCUT2D eigenvalue weighted by Crippen LogP contribution is -2.06. The number of fused-ring (bicyclic) bond motifs is 1. The van der Waals surface area contributed by atoms with Gasteiger partial charge in [-0.05, 0) is 30.7 Å². The maximum atomic E-state index is 11.0. The van der Waals surface area contributed by atoms with Crippen LogP contribution in [-0.2, 0) is 6.42 Å². The van der Waals surface area contributed by atoms with Gasteiger partial charge < -0.3 is 10.7 Å². The van der Waals surface area contributed by atoms with Crippen LogP contribution in [0.3, 0.4) is 0 Å². The predicted molar refractivity (Wildman–Crippen MR) is 55.1 cm³/mol. The standard InChI is InChI=1S/C10H11N3O/c11-4-3-7-1-2-8-9(5-7)12-6-10(14)13-8/h1-2,5-6H,3-4,11H2,(H,13,14). The van der Waals surface area contributed by atoms with Gasteiger partial charge in [0.05, 0.1) is 17.2 Å². The highest BCUT2D eigenvalue weighted by Crippen LogP contribution is 2.09. The molecule has 3 N–H and O–H groups in total. The summed E-state index contributed by atoms with van der Waals surface area (Å²) in [5.74, 6) is 0. The Morgan fingerprint density at radius 3 is 3.07 bits per heavy atom. The van der Waals surface area contributed by atoms with Crippen LogP contribution in [0.1, 0.15) is 5.56 Å². The molecule has 4 heteroatoms. The van der Waals surface area contributed by atoms with Crippen LogP contribution in [0.15, 0.2) is 29.2 Å². The van der Waals surface area contributed by atoms with Gasteiger partial charge in [-0.3, -0.25) is 4.79 Å². The van der Waals surface area contributed by atoms with Gasteiger partial charge in [0.25, 0.3) is 5.56 Å². The summed E-state index contributed by atoms with van der Waals surface area (Å²) in [5, 5.41) is 0. The molecule has 0 bridgehead atoms. The van der Waals surface area contributed by atoms with Gasteiger partial charge in [0.15, 0.2) is 0 Å². The lowest BCUT2D eigenvalue weighted by Gasteiger charge is -2.00. The Morgan fingerprint density at radius 1 is 1.43 bits per heavy atom. The van der Waals surface area contributed by atoms with E-state index in [1.54, 1.807) is 0 Å². The van der Waals surface area contributed by atoms with E-state index in [2.05, 4.69) is 9.97 Å². The highest BCUT2D eigenvalue weighted by molar-refractivity contribution is 5.74. The molecule has 0 spiro atoms. The Labute approximate surface area is 80.8 Å². The van der Waals surface area contributed by atoms with Crippen molar-refractivity contribution in [2.75, 3.05) is 6.54 Å². The number of aromatic amines is 1. The van der Waals surface area contributed by atoms with Crippen molar-refractivity contribution in [3.05, 3.63) is 40.3 Å². The Morgan fingerprint density at radius 2 is 2.29 bits per heavy atom.